The Bertz CT molecular complexity index is 1250. The van der Waals surface area contributed by atoms with Gasteiger partial charge in [-0.05, 0) is 62.2 Å². The number of aromatic nitrogens is 1. The van der Waals surface area contributed by atoms with E-state index in [1.165, 1.54) is 0 Å². The van der Waals surface area contributed by atoms with Crippen molar-refractivity contribution >= 4 is 17.3 Å². The number of ether oxygens (including phenoxy) is 1. The molecule has 37 heavy (non-hydrogen) atoms. The summed E-state index contributed by atoms with van der Waals surface area (Å²) >= 11 is 6.14. The molecule has 0 aliphatic carbocycles. The molecule has 1 aromatic heterocycles. The molecule has 0 spiro atoms. The van der Waals surface area contributed by atoms with Crippen LogP contribution in [-0.4, -0.2) is 67.7 Å². The summed E-state index contributed by atoms with van der Waals surface area (Å²) in [5, 5.41) is -0.155. The maximum atomic E-state index is 14.5. The SMILES string of the molecule is Cc1c(-c2ccc(OCCN3CCN(C)CC3)cc2)cnc2c1N(Cc1c(F)ccc(F)c1Cl)CCC2. The van der Waals surface area contributed by atoms with Gasteiger partial charge in [0.05, 0.1) is 16.4 Å². The normalized spacial score (nSPS) is 16.6. The zero-order valence-corrected chi connectivity index (χ0v) is 22.2. The van der Waals surface area contributed by atoms with Crippen LogP contribution < -0.4 is 9.64 Å². The summed E-state index contributed by atoms with van der Waals surface area (Å²) in [5.41, 5.74) is 5.26. The van der Waals surface area contributed by atoms with Crippen LogP contribution in [-0.2, 0) is 13.0 Å². The number of anilines is 1. The second-order valence-corrected chi connectivity index (χ2v) is 10.3. The molecule has 2 aliphatic heterocycles. The topological polar surface area (TPSA) is 31.8 Å². The lowest BCUT2D eigenvalue weighted by molar-refractivity contribution is 0.134. The van der Waals surface area contributed by atoms with E-state index < -0.39 is 11.6 Å². The van der Waals surface area contributed by atoms with Crippen LogP contribution in [0.3, 0.4) is 0 Å². The van der Waals surface area contributed by atoms with Crippen molar-refractivity contribution < 1.29 is 13.5 Å². The Hall–Kier alpha value is -2.74. The molecule has 0 saturated carbocycles. The first kappa shape index (κ1) is 25.9. The number of piperazine rings is 1. The molecule has 5 rings (SSSR count). The standard InChI is InChI=1S/C29H33ClF2N4O/c1-20-23(21-5-7-22(8-6-21)37-17-16-35-14-12-34(2)13-15-35)18-33-27-4-3-11-36(29(20)27)19-24-25(31)9-10-26(32)28(24)30/h5-10,18H,3-4,11-17,19H2,1-2H3. The van der Waals surface area contributed by atoms with Gasteiger partial charge in [-0.15, -0.1) is 0 Å². The number of rotatable bonds is 7. The molecule has 5 nitrogen and oxygen atoms in total. The first-order valence-corrected chi connectivity index (χ1v) is 13.3. The van der Waals surface area contributed by atoms with Crippen LogP contribution in [0, 0.1) is 18.6 Å². The fourth-order valence-electron chi connectivity index (χ4n) is 5.25. The van der Waals surface area contributed by atoms with E-state index in [4.69, 9.17) is 21.3 Å². The van der Waals surface area contributed by atoms with E-state index in [1.807, 2.05) is 18.3 Å². The molecule has 0 bridgehead atoms. The van der Waals surface area contributed by atoms with Crippen molar-refractivity contribution in [3.8, 4) is 16.9 Å². The van der Waals surface area contributed by atoms with Gasteiger partial charge in [0.1, 0.15) is 24.0 Å². The zero-order chi connectivity index (χ0) is 25.9. The lowest BCUT2D eigenvalue weighted by Crippen LogP contribution is -2.45. The Morgan fingerprint density at radius 2 is 1.70 bits per heavy atom. The summed E-state index contributed by atoms with van der Waals surface area (Å²) in [5.74, 6) is -0.257. The zero-order valence-electron chi connectivity index (χ0n) is 21.4. The molecule has 3 aromatic rings. The summed E-state index contributed by atoms with van der Waals surface area (Å²) in [6.45, 7) is 8.95. The molecule has 8 heteroatoms. The van der Waals surface area contributed by atoms with Crippen molar-refractivity contribution in [2.75, 3.05) is 57.8 Å². The van der Waals surface area contributed by atoms with Crippen LogP contribution in [0.15, 0.2) is 42.6 Å². The molecule has 0 amide bonds. The third-order valence-electron chi connectivity index (χ3n) is 7.47. The smallest absolute Gasteiger partial charge is 0.142 e. The van der Waals surface area contributed by atoms with Gasteiger partial charge in [-0.2, -0.15) is 0 Å². The summed E-state index contributed by atoms with van der Waals surface area (Å²) in [6.07, 6.45) is 3.66. The van der Waals surface area contributed by atoms with Crippen LogP contribution in [0.25, 0.3) is 11.1 Å². The van der Waals surface area contributed by atoms with Gasteiger partial charge in [0.2, 0.25) is 0 Å². The van der Waals surface area contributed by atoms with Crippen LogP contribution >= 0.6 is 11.6 Å². The van der Waals surface area contributed by atoms with Gasteiger partial charge >= 0.3 is 0 Å². The highest BCUT2D eigenvalue weighted by Crippen LogP contribution is 2.37. The van der Waals surface area contributed by atoms with Crippen molar-refractivity contribution in [3.05, 3.63) is 76.1 Å². The van der Waals surface area contributed by atoms with E-state index in [0.29, 0.717) is 6.61 Å². The van der Waals surface area contributed by atoms with Crippen molar-refractivity contribution in [3.63, 3.8) is 0 Å². The Kier molecular flexibility index (Phi) is 7.93. The summed E-state index contributed by atoms with van der Waals surface area (Å²) in [4.78, 5) is 11.6. The van der Waals surface area contributed by atoms with Crippen molar-refractivity contribution in [2.45, 2.75) is 26.3 Å². The monoisotopic (exact) mass is 526 g/mol. The molecule has 0 radical (unpaired) electrons. The molecule has 1 fully saturated rings. The number of benzene rings is 2. The van der Waals surface area contributed by atoms with Gasteiger partial charge in [0, 0.05) is 63.1 Å². The Morgan fingerprint density at radius 1 is 0.973 bits per heavy atom. The van der Waals surface area contributed by atoms with E-state index in [-0.39, 0.29) is 17.1 Å². The lowest BCUT2D eigenvalue weighted by Gasteiger charge is -2.33. The van der Waals surface area contributed by atoms with Gasteiger partial charge in [-0.1, -0.05) is 23.7 Å². The molecule has 3 heterocycles. The quantitative estimate of drug-likeness (QED) is 0.376. The maximum Gasteiger partial charge on any atom is 0.142 e. The fraction of sp³-hybridized carbons (Fsp3) is 0.414. The van der Waals surface area contributed by atoms with E-state index in [1.54, 1.807) is 0 Å². The molecular formula is C29H33ClF2N4O. The van der Waals surface area contributed by atoms with Crippen molar-refractivity contribution in [1.29, 1.82) is 0 Å². The predicted octanol–water partition coefficient (Wildman–Crippen LogP) is 5.57. The van der Waals surface area contributed by atoms with Crippen LogP contribution in [0.2, 0.25) is 5.02 Å². The van der Waals surface area contributed by atoms with E-state index in [2.05, 4.69) is 40.8 Å². The molecular weight excluding hydrogens is 494 g/mol. The first-order chi connectivity index (χ1) is 17.9. The third-order valence-corrected chi connectivity index (χ3v) is 7.87. The number of hydrogen-bond acceptors (Lipinski definition) is 5. The number of nitrogens with zero attached hydrogens (tertiary/aromatic N) is 4. The maximum absolute atomic E-state index is 14.5. The Balaban J connectivity index is 1.31. The lowest BCUT2D eigenvalue weighted by atomic mass is 9.96. The van der Waals surface area contributed by atoms with Crippen molar-refractivity contribution in [2.24, 2.45) is 0 Å². The van der Waals surface area contributed by atoms with E-state index in [9.17, 15) is 8.78 Å². The molecule has 1 saturated heterocycles. The molecule has 0 atom stereocenters. The minimum Gasteiger partial charge on any atom is -0.492 e. The average molecular weight is 527 g/mol. The van der Waals surface area contributed by atoms with E-state index >= 15 is 0 Å². The first-order valence-electron chi connectivity index (χ1n) is 12.9. The molecule has 0 N–H and O–H groups in total. The Morgan fingerprint density at radius 3 is 2.46 bits per heavy atom. The predicted molar refractivity (Wildman–Crippen MR) is 145 cm³/mol. The highest BCUT2D eigenvalue weighted by molar-refractivity contribution is 6.31. The summed E-state index contributed by atoms with van der Waals surface area (Å²) in [7, 11) is 2.16. The third kappa shape index (κ3) is 5.74. The van der Waals surface area contributed by atoms with Gasteiger partial charge in [-0.3, -0.25) is 9.88 Å². The number of pyridine rings is 1. The molecule has 2 aliphatic rings. The second kappa shape index (κ2) is 11.3. The molecule has 196 valence electrons. The van der Waals surface area contributed by atoms with Crippen LogP contribution in [0.1, 0.15) is 23.2 Å². The molecule has 0 unspecified atom stereocenters. The largest absolute Gasteiger partial charge is 0.492 e. The Labute approximate surface area is 222 Å². The van der Waals surface area contributed by atoms with Crippen molar-refractivity contribution in [1.82, 2.24) is 14.8 Å². The number of hydrogen-bond donors (Lipinski definition) is 0. The number of likely N-dealkylation sites (N-methyl/N-ethyl adjacent to an activating group) is 1. The highest BCUT2D eigenvalue weighted by Gasteiger charge is 2.25. The number of aryl methyl sites for hydroxylation is 1. The van der Waals surface area contributed by atoms with Crippen LogP contribution in [0.5, 0.6) is 5.75 Å². The van der Waals surface area contributed by atoms with Crippen LogP contribution in [0.4, 0.5) is 14.5 Å². The number of fused-ring (bicyclic) bond motifs is 1. The van der Waals surface area contributed by atoms with Gasteiger partial charge in [0.15, 0.2) is 0 Å². The number of halogens is 3. The minimum absolute atomic E-state index is 0.155. The second-order valence-electron chi connectivity index (χ2n) is 9.96. The molecule has 2 aromatic carbocycles. The summed E-state index contributed by atoms with van der Waals surface area (Å²) in [6, 6.07) is 10.3. The minimum atomic E-state index is -0.607. The highest BCUT2D eigenvalue weighted by atomic mass is 35.5. The van der Waals surface area contributed by atoms with E-state index in [0.717, 1.165) is 98.1 Å². The van der Waals surface area contributed by atoms with Gasteiger partial charge in [0.25, 0.3) is 0 Å². The fourth-order valence-corrected chi connectivity index (χ4v) is 5.46. The summed E-state index contributed by atoms with van der Waals surface area (Å²) < 4.78 is 34.6. The average Bonchev–Trinajstić information content (AvgIpc) is 2.91. The van der Waals surface area contributed by atoms with Gasteiger partial charge in [-0.25, -0.2) is 8.78 Å². The van der Waals surface area contributed by atoms with Gasteiger partial charge < -0.3 is 14.5 Å².